The van der Waals surface area contributed by atoms with E-state index in [1.165, 1.54) is 25.3 Å². The van der Waals surface area contributed by atoms with E-state index in [1.807, 2.05) is 13.0 Å². The van der Waals surface area contributed by atoms with Gasteiger partial charge in [-0.2, -0.15) is 0 Å². The van der Waals surface area contributed by atoms with Crippen LogP contribution in [0.4, 0.5) is 4.39 Å². The van der Waals surface area contributed by atoms with Gasteiger partial charge in [0, 0.05) is 5.56 Å². The second-order valence-corrected chi connectivity index (χ2v) is 4.42. The van der Waals surface area contributed by atoms with Gasteiger partial charge in [0.2, 0.25) is 0 Å². The maximum Gasteiger partial charge on any atom is 0.189 e. The SMILES string of the molecule is COc1ccc(C)cc1C(=O)/C=C/c1ccccc1F. The molecule has 2 aromatic carbocycles. The predicted molar refractivity (Wildman–Crippen MR) is 77.5 cm³/mol. The lowest BCUT2D eigenvalue weighted by molar-refractivity contribution is 0.104. The first-order valence-electron chi connectivity index (χ1n) is 6.23. The average Bonchev–Trinajstić information content (AvgIpc) is 2.46. The van der Waals surface area contributed by atoms with Crippen molar-refractivity contribution in [3.8, 4) is 5.75 Å². The Balaban J connectivity index is 2.29. The largest absolute Gasteiger partial charge is 0.496 e. The molecule has 102 valence electrons. The monoisotopic (exact) mass is 270 g/mol. The summed E-state index contributed by atoms with van der Waals surface area (Å²) in [5, 5.41) is 0. The number of aryl methyl sites for hydroxylation is 1. The van der Waals surface area contributed by atoms with E-state index in [-0.39, 0.29) is 11.6 Å². The van der Waals surface area contributed by atoms with Gasteiger partial charge in [-0.25, -0.2) is 4.39 Å². The van der Waals surface area contributed by atoms with E-state index in [1.54, 1.807) is 30.3 Å². The van der Waals surface area contributed by atoms with Crippen molar-refractivity contribution in [3.63, 3.8) is 0 Å². The van der Waals surface area contributed by atoms with Gasteiger partial charge in [0.15, 0.2) is 5.78 Å². The summed E-state index contributed by atoms with van der Waals surface area (Å²) in [4.78, 5) is 12.2. The van der Waals surface area contributed by atoms with Gasteiger partial charge in [-0.15, -0.1) is 0 Å². The number of benzene rings is 2. The Bertz CT molecular complexity index is 660. The third-order valence-electron chi connectivity index (χ3n) is 2.94. The van der Waals surface area contributed by atoms with Gasteiger partial charge in [0.1, 0.15) is 11.6 Å². The van der Waals surface area contributed by atoms with E-state index >= 15 is 0 Å². The number of ether oxygens (including phenoxy) is 1. The molecule has 2 rings (SSSR count). The topological polar surface area (TPSA) is 26.3 Å². The third kappa shape index (κ3) is 3.12. The molecule has 0 saturated carbocycles. The van der Waals surface area contributed by atoms with E-state index in [4.69, 9.17) is 4.74 Å². The molecule has 0 bridgehead atoms. The van der Waals surface area contributed by atoms with Crippen LogP contribution in [0.3, 0.4) is 0 Å². The van der Waals surface area contributed by atoms with Crippen LogP contribution in [0.25, 0.3) is 6.08 Å². The molecule has 0 N–H and O–H groups in total. The molecule has 0 radical (unpaired) electrons. The first-order valence-corrected chi connectivity index (χ1v) is 6.23. The van der Waals surface area contributed by atoms with Crippen LogP contribution in [0, 0.1) is 12.7 Å². The highest BCUT2D eigenvalue weighted by Gasteiger charge is 2.09. The molecule has 2 nitrogen and oxygen atoms in total. The maximum atomic E-state index is 13.5. The van der Waals surface area contributed by atoms with E-state index in [2.05, 4.69) is 0 Å². The zero-order valence-corrected chi connectivity index (χ0v) is 11.4. The molecule has 0 unspecified atom stereocenters. The summed E-state index contributed by atoms with van der Waals surface area (Å²) in [7, 11) is 1.52. The van der Waals surface area contributed by atoms with Crippen molar-refractivity contribution in [1.29, 1.82) is 0 Å². The summed E-state index contributed by atoms with van der Waals surface area (Å²) >= 11 is 0. The van der Waals surface area contributed by atoms with Crippen molar-refractivity contribution >= 4 is 11.9 Å². The molecule has 0 heterocycles. The number of ketones is 1. The van der Waals surface area contributed by atoms with Crippen LogP contribution < -0.4 is 4.74 Å². The predicted octanol–water partition coefficient (Wildman–Crippen LogP) is 4.04. The minimum Gasteiger partial charge on any atom is -0.496 e. The fraction of sp³-hybridized carbons (Fsp3) is 0.118. The second kappa shape index (κ2) is 6.15. The molecular formula is C17H15FO2. The molecule has 0 aliphatic rings. The molecule has 0 amide bonds. The zero-order valence-electron chi connectivity index (χ0n) is 11.4. The normalized spacial score (nSPS) is 10.8. The molecule has 0 spiro atoms. The lowest BCUT2D eigenvalue weighted by atomic mass is 10.1. The Kier molecular flexibility index (Phi) is 4.31. The summed E-state index contributed by atoms with van der Waals surface area (Å²) in [6.07, 6.45) is 2.83. The minimum atomic E-state index is -0.354. The molecule has 0 atom stereocenters. The summed E-state index contributed by atoms with van der Waals surface area (Å²) in [6, 6.07) is 11.7. The molecule has 0 saturated heterocycles. The van der Waals surface area contributed by atoms with Crippen molar-refractivity contribution in [2.45, 2.75) is 6.92 Å². The van der Waals surface area contributed by atoms with Gasteiger partial charge >= 0.3 is 0 Å². The summed E-state index contributed by atoms with van der Waals surface area (Å²) in [5.74, 6) is -0.0552. The number of carbonyl (C=O) groups is 1. The molecule has 3 heteroatoms. The number of carbonyl (C=O) groups excluding carboxylic acids is 1. The van der Waals surface area contributed by atoms with Crippen LogP contribution in [-0.4, -0.2) is 12.9 Å². The number of rotatable bonds is 4. The van der Waals surface area contributed by atoms with Crippen LogP contribution in [0.15, 0.2) is 48.5 Å². The molecule has 20 heavy (non-hydrogen) atoms. The molecule has 0 fully saturated rings. The zero-order chi connectivity index (χ0) is 14.5. The van der Waals surface area contributed by atoms with Crippen molar-refractivity contribution in [3.05, 3.63) is 71.0 Å². The Morgan fingerprint density at radius 1 is 1.20 bits per heavy atom. The summed E-state index contributed by atoms with van der Waals surface area (Å²) in [5.41, 5.74) is 1.82. The number of hydrogen-bond acceptors (Lipinski definition) is 2. The number of hydrogen-bond donors (Lipinski definition) is 0. The number of allylic oxidation sites excluding steroid dienone is 1. The first-order chi connectivity index (χ1) is 9.61. The maximum absolute atomic E-state index is 13.5. The lowest BCUT2D eigenvalue weighted by Gasteiger charge is -2.06. The smallest absolute Gasteiger partial charge is 0.189 e. The molecule has 2 aromatic rings. The third-order valence-corrected chi connectivity index (χ3v) is 2.94. The first kappa shape index (κ1) is 14.0. The summed E-state index contributed by atoms with van der Waals surface area (Å²) in [6.45, 7) is 1.90. The van der Waals surface area contributed by atoms with Crippen molar-refractivity contribution in [1.82, 2.24) is 0 Å². The lowest BCUT2D eigenvalue weighted by Crippen LogP contribution is -1.99. The minimum absolute atomic E-state index is 0.214. The van der Waals surface area contributed by atoms with Gasteiger partial charge in [0.05, 0.1) is 12.7 Å². The van der Waals surface area contributed by atoms with E-state index in [0.29, 0.717) is 16.9 Å². The van der Waals surface area contributed by atoms with Crippen molar-refractivity contribution in [2.24, 2.45) is 0 Å². The van der Waals surface area contributed by atoms with E-state index in [9.17, 15) is 9.18 Å². The quantitative estimate of drug-likeness (QED) is 0.619. The Morgan fingerprint density at radius 3 is 2.65 bits per heavy atom. The van der Waals surface area contributed by atoms with Crippen LogP contribution in [0.5, 0.6) is 5.75 Å². The molecule has 0 aromatic heterocycles. The van der Waals surface area contributed by atoms with Crippen LogP contribution in [0.2, 0.25) is 0 Å². The van der Waals surface area contributed by atoms with Crippen LogP contribution >= 0.6 is 0 Å². The van der Waals surface area contributed by atoms with Crippen molar-refractivity contribution in [2.75, 3.05) is 7.11 Å². The second-order valence-electron chi connectivity index (χ2n) is 4.42. The van der Waals surface area contributed by atoms with Crippen LogP contribution in [0.1, 0.15) is 21.5 Å². The Labute approximate surface area is 117 Å². The number of halogens is 1. The van der Waals surface area contributed by atoms with E-state index < -0.39 is 0 Å². The van der Waals surface area contributed by atoms with Gasteiger partial charge < -0.3 is 4.74 Å². The molecule has 0 aliphatic carbocycles. The summed E-state index contributed by atoms with van der Waals surface area (Å²) < 4.78 is 18.6. The van der Waals surface area contributed by atoms with Crippen LogP contribution in [-0.2, 0) is 0 Å². The average molecular weight is 270 g/mol. The molecular weight excluding hydrogens is 255 g/mol. The fourth-order valence-electron chi connectivity index (χ4n) is 1.88. The van der Waals surface area contributed by atoms with Gasteiger partial charge in [-0.1, -0.05) is 29.8 Å². The Morgan fingerprint density at radius 2 is 1.95 bits per heavy atom. The standard InChI is InChI=1S/C17H15FO2/c1-12-7-10-17(20-2)14(11-12)16(19)9-8-13-5-3-4-6-15(13)18/h3-11H,1-2H3/b9-8+. The highest BCUT2D eigenvalue weighted by molar-refractivity contribution is 6.08. The highest BCUT2D eigenvalue weighted by Crippen LogP contribution is 2.21. The van der Waals surface area contributed by atoms with Gasteiger partial charge in [-0.05, 0) is 37.3 Å². The van der Waals surface area contributed by atoms with Gasteiger partial charge in [-0.3, -0.25) is 4.79 Å². The molecule has 0 aliphatic heterocycles. The van der Waals surface area contributed by atoms with Gasteiger partial charge in [0.25, 0.3) is 0 Å². The van der Waals surface area contributed by atoms with E-state index in [0.717, 1.165) is 5.56 Å². The Hall–Kier alpha value is -2.42. The fourth-order valence-corrected chi connectivity index (χ4v) is 1.88. The number of methoxy groups -OCH3 is 1. The highest BCUT2D eigenvalue weighted by atomic mass is 19.1. The van der Waals surface area contributed by atoms with Crippen molar-refractivity contribution < 1.29 is 13.9 Å².